The van der Waals surface area contributed by atoms with Crippen LogP contribution in [0.25, 0.3) is 0 Å². The third-order valence-corrected chi connectivity index (χ3v) is 3.36. The van der Waals surface area contributed by atoms with Gasteiger partial charge in [0.05, 0.1) is 17.3 Å². The molecule has 0 atom stereocenters. The first kappa shape index (κ1) is 19.0. The standard InChI is InChI=1S/C15H20BrN3O4/c1-3-5-6-17-14(21)15(22)19-18-9-10-7-11(16)13(20)12(8-10)23-4-2/h7-9,20H,3-6H2,1-2H3,(H,17,21)(H,19,22)/b18-9-. The van der Waals surface area contributed by atoms with Crippen molar-refractivity contribution in [2.75, 3.05) is 13.2 Å². The molecule has 0 radical (unpaired) electrons. The molecule has 0 unspecified atom stereocenters. The first-order valence-electron chi connectivity index (χ1n) is 7.26. The molecule has 1 aromatic rings. The van der Waals surface area contributed by atoms with Crippen molar-refractivity contribution in [2.24, 2.45) is 5.10 Å². The highest BCUT2D eigenvalue weighted by Gasteiger charge is 2.11. The van der Waals surface area contributed by atoms with Crippen molar-refractivity contribution in [3.63, 3.8) is 0 Å². The predicted molar refractivity (Wildman–Crippen MR) is 90.6 cm³/mol. The van der Waals surface area contributed by atoms with E-state index in [4.69, 9.17) is 4.74 Å². The Bertz CT molecular complexity index is 590. The third kappa shape index (κ3) is 6.27. The molecule has 0 saturated heterocycles. The lowest BCUT2D eigenvalue weighted by Gasteiger charge is -2.08. The monoisotopic (exact) mass is 385 g/mol. The Hall–Kier alpha value is -2.09. The smallest absolute Gasteiger partial charge is 0.329 e. The quantitative estimate of drug-likeness (QED) is 0.289. The highest BCUT2D eigenvalue weighted by molar-refractivity contribution is 9.10. The second-order valence-corrected chi connectivity index (χ2v) is 5.45. The van der Waals surface area contributed by atoms with Crippen molar-refractivity contribution < 1.29 is 19.4 Å². The van der Waals surface area contributed by atoms with Gasteiger partial charge in [0.25, 0.3) is 0 Å². The molecule has 0 aliphatic rings. The average Bonchev–Trinajstić information content (AvgIpc) is 2.52. The van der Waals surface area contributed by atoms with Crippen LogP contribution in [-0.2, 0) is 9.59 Å². The lowest BCUT2D eigenvalue weighted by atomic mass is 10.2. The number of ether oxygens (including phenoxy) is 1. The van der Waals surface area contributed by atoms with E-state index in [9.17, 15) is 14.7 Å². The van der Waals surface area contributed by atoms with Gasteiger partial charge in [0.2, 0.25) is 0 Å². The zero-order valence-electron chi connectivity index (χ0n) is 13.1. The molecule has 23 heavy (non-hydrogen) atoms. The summed E-state index contributed by atoms with van der Waals surface area (Å²) < 4.78 is 5.72. The second kappa shape index (κ2) is 9.83. The van der Waals surface area contributed by atoms with E-state index in [1.807, 2.05) is 6.92 Å². The summed E-state index contributed by atoms with van der Waals surface area (Å²) in [6, 6.07) is 3.18. The third-order valence-electron chi connectivity index (χ3n) is 2.75. The van der Waals surface area contributed by atoms with Crippen molar-refractivity contribution in [1.82, 2.24) is 10.7 Å². The van der Waals surface area contributed by atoms with Crippen molar-refractivity contribution in [3.05, 3.63) is 22.2 Å². The predicted octanol–water partition coefficient (Wildman–Crippen LogP) is 1.92. The van der Waals surface area contributed by atoms with Crippen LogP contribution < -0.4 is 15.5 Å². The highest BCUT2D eigenvalue weighted by Crippen LogP contribution is 2.34. The van der Waals surface area contributed by atoms with Gasteiger partial charge in [-0.15, -0.1) is 0 Å². The molecule has 0 aliphatic carbocycles. The van der Waals surface area contributed by atoms with Crippen LogP contribution in [0.3, 0.4) is 0 Å². The molecule has 0 bridgehead atoms. The van der Waals surface area contributed by atoms with Crippen LogP contribution in [0.15, 0.2) is 21.7 Å². The summed E-state index contributed by atoms with van der Waals surface area (Å²) in [4.78, 5) is 22.9. The van der Waals surface area contributed by atoms with Gasteiger partial charge in [-0.1, -0.05) is 13.3 Å². The number of amides is 2. The van der Waals surface area contributed by atoms with Crippen LogP contribution in [0.1, 0.15) is 32.3 Å². The maximum atomic E-state index is 11.5. The molecule has 0 aromatic heterocycles. The van der Waals surface area contributed by atoms with Crippen molar-refractivity contribution in [1.29, 1.82) is 0 Å². The zero-order valence-corrected chi connectivity index (χ0v) is 14.6. The minimum atomic E-state index is -0.833. The lowest BCUT2D eigenvalue weighted by Crippen LogP contribution is -2.38. The zero-order chi connectivity index (χ0) is 17.2. The molecule has 0 fully saturated rings. The Labute approximate surface area is 143 Å². The van der Waals surface area contributed by atoms with Crippen LogP contribution in [0.2, 0.25) is 0 Å². The first-order chi connectivity index (χ1) is 11.0. The summed E-state index contributed by atoms with van der Waals surface area (Å²) >= 11 is 3.20. The van der Waals surface area contributed by atoms with Crippen LogP contribution in [0.4, 0.5) is 0 Å². The summed E-state index contributed by atoms with van der Waals surface area (Å²) in [6.07, 6.45) is 3.09. The number of unbranched alkanes of at least 4 members (excludes halogenated alkanes) is 1. The molecule has 0 heterocycles. The van der Waals surface area contributed by atoms with Gasteiger partial charge < -0.3 is 15.2 Å². The Balaban J connectivity index is 2.64. The number of carbonyl (C=O) groups excluding carboxylic acids is 2. The fraction of sp³-hybridized carbons (Fsp3) is 0.400. The molecule has 7 nitrogen and oxygen atoms in total. The van der Waals surface area contributed by atoms with Crippen molar-refractivity contribution in [2.45, 2.75) is 26.7 Å². The molecular weight excluding hydrogens is 366 g/mol. The largest absolute Gasteiger partial charge is 0.503 e. The number of rotatable bonds is 7. The van der Waals surface area contributed by atoms with E-state index < -0.39 is 11.8 Å². The normalized spacial score (nSPS) is 10.6. The number of carbonyl (C=O) groups is 2. The van der Waals surface area contributed by atoms with E-state index in [1.165, 1.54) is 6.21 Å². The van der Waals surface area contributed by atoms with Crippen LogP contribution in [0.5, 0.6) is 11.5 Å². The van der Waals surface area contributed by atoms with Crippen LogP contribution >= 0.6 is 15.9 Å². The Morgan fingerprint density at radius 1 is 1.35 bits per heavy atom. The number of phenolic OH excluding ortho intramolecular Hbond substituents is 1. The number of hydrazone groups is 1. The van der Waals surface area contributed by atoms with Gasteiger partial charge in [0, 0.05) is 6.54 Å². The maximum Gasteiger partial charge on any atom is 0.329 e. The average molecular weight is 386 g/mol. The molecule has 1 aromatic carbocycles. The Kier molecular flexibility index (Phi) is 8.10. The molecule has 1 rings (SSSR count). The van der Waals surface area contributed by atoms with E-state index >= 15 is 0 Å². The van der Waals surface area contributed by atoms with E-state index in [2.05, 4.69) is 31.8 Å². The van der Waals surface area contributed by atoms with Crippen molar-refractivity contribution in [3.8, 4) is 11.5 Å². The summed E-state index contributed by atoms with van der Waals surface area (Å²) in [7, 11) is 0. The second-order valence-electron chi connectivity index (χ2n) is 4.59. The van der Waals surface area contributed by atoms with Gasteiger partial charge >= 0.3 is 11.8 Å². The summed E-state index contributed by atoms with van der Waals surface area (Å²) in [5, 5.41) is 16.0. The van der Waals surface area contributed by atoms with Gasteiger partial charge in [-0.25, -0.2) is 5.43 Å². The van der Waals surface area contributed by atoms with E-state index in [-0.39, 0.29) is 5.75 Å². The Morgan fingerprint density at radius 3 is 2.74 bits per heavy atom. The molecule has 0 aliphatic heterocycles. The van der Waals surface area contributed by atoms with Gasteiger partial charge in [-0.3, -0.25) is 9.59 Å². The lowest BCUT2D eigenvalue weighted by molar-refractivity contribution is -0.139. The number of halogens is 1. The van der Waals surface area contributed by atoms with Crippen LogP contribution in [-0.4, -0.2) is 36.3 Å². The van der Waals surface area contributed by atoms with Gasteiger partial charge in [0.15, 0.2) is 11.5 Å². The first-order valence-corrected chi connectivity index (χ1v) is 8.05. The minimum Gasteiger partial charge on any atom is -0.503 e. The minimum absolute atomic E-state index is 0.0108. The van der Waals surface area contributed by atoms with Crippen molar-refractivity contribution >= 4 is 34.0 Å². The summed E-state index contributed by atoms with van der Waals surface area (Å²) in [5.74, 6) is -1.27. The molecule has 2 amide bonds. The van der Waals surface area contributed by atoms with Gasteiger partial charge in [-0.05, 0) is 47.0 Å². The molecule has 8 heteroatoms. The topological polar surface area (TPSA) is 100 Å². The molecule has 0 spiro atoms. The highest BCUT2D eigenvalue weighted by atomic mass is 79.9. The number of nitrogens with zero attached hydrogens (tertiary/aromatic N) is 1. The number of hydrogen-bond acceptors (Lipinski definition) is 5. The molecule has 126 valence electrons. The molecular formula is C15H20BrN3O4. The van der Waals surface area contributed by atoms with E-state index in [0.717, 1.165) is 12.8 Å². The molecule has 0 saturated carbocycles. The number of phenols is 1. The molecule has 3 N–H and O–H groups in total. The van der Waals surface area contributed by atoms with E-state index in [0.29, 0.717) is 28.9 Å². The summed E-state index contributed by atoms with van der Waals surface area (Å²) in [6.45, 7) is 4.64. The fourth-order valence-corrected chi connectivity index (χ4v) is 2.07. The van der Waals surface area contributed by atoms with Gasteiger partial charge in [0.1, 0.15) is 0 Å². The number of aromatic hydroxyl groups is 1. The van der Waals surface area contributed by atoms with Crippen LogP contribution in [0, 0.1) is 0 Å². The number of nitrogens with one attached hydrogen (secondary N) is 2. The van der Waals surface area contributed by atoms with Gasteiger partial charge in [-0.2, -0.15) is 5.10 Å². The Morgan fingerprint density at radius 2 is 2.09 bits per heavy atom. The SMILES string of the molecule is CCCCNC(=O)C(=O)N/N=C\c1cc(Br)c(O)c(OCC)c1. The number of hydrogen-bond donors (Lipinski definition) is 3. The fourth-order valence-electron chi connectivity index (χ4n) is 1.61. The maximum absolute atomic E-state index is 11.5. The van der Waals surface area contributed by atoms with E-state index in [1.54, 1.807) is 19.1 Å². The number of benzene rings is 1. The summed E-state index contributed by atoms with van der Waals surface area (Å²) in [5.41, 5.74) is 2.73.